The summed E-state index contributed by atoms with van der Waals surface area (Å²) in [6.07, 6.45) is 20.7. The lowest BCUT2D eigenvalue weighted by molar-refractivity contribution is 0.0298. The minimum absolute atomic E-state index is 0.240. The summed E-state index contributed by atoms with van der Waals surface area (Å²) in [6, 6.07) is 1.50. The molecule has 0 saturated carbocycles. The van der Waals surface area contributed by atoms with Gasteiger partial charge in [0.05, 0.1) is 13.2 Å². The third-order valence-corrected chi connectivity index (χ3v) is 25.0. The zero-order valence-corrected chi connectivity index (χ0v) is 24.6. The van der Waals surface area contributed by atoms with Gasteiger partial charge in [0.25, 0.3) is 0 Å². The Kier molecular flexibility index (Phi) is 14.1. The number of hydrogen-bond donors (Lipinski definition) is 0. The van der Waals surface area contributed by atoms with Crippen LogP contribution in [0.3, 0.4) is 0 Å². The second-order valence-corrected chi connectivity index (χ2v) is 27.1. The molecule has 0 atom stereocenters. The van der Waals surface area contributed by atoms with Crippen LogP contribution in [-0.2, 0) is 4.43 Å². The van der Waals surface area contributed by atoms with Crippen LogP contribution >= 0.6 is 31.9 Å². The topological polar surface area (TPSA) is 9.23 Å². The van der Waals surface area contributed by atoms with Gasteiger partial charge in [0.1, 0.15) is 0 Å². The van der Waals surface area contributed by atoms with E-state index in [1.807, 2.05) is 0 Å². The highest BCUT2D eigenvalue weighted by molar-refractivity contribution is 9.09. The van der Waals surface area contributed by atoms with Crippen molar-refractivity contribution in [3.05, 3.63) is 0 Å². The van der Waals surface area contributed by atoms with Crippen LogP contribution in [0.4, 0.5) is 0 Å². The standard InChI is InChI=1S/C23H48Br2OSi2/c1-27(2)22-19-23(26-28(27,3)4,17-13-9-5-7-11-15-20-24)18-14-10-6-8-12-16-21-25/h5-22H2,1-4H3. The van der Waals surface area contributed by atoms with Crippen LogP contribution in [-0.4, -0.2) is 31.7 Å². The van der Waals surface area contributed by atoms with E-state index in [4.69, 9.17) is 4.43 Å². The lowest BCUT2D eigenvalue weighted by atomic mass is 9.87. The van der Waals surface area contributed by atoms with Crippen molar-refractivity contribution in [1.29, 1.82) is 0 Å². The van der Waals surface area contributed by atoms with Crippen LogP contribution in [0.2, 0.25) is 32.2 Å². The number of halogens is 2. The Bertz CT molecular complexity index is 384. The molecule has 1 aliphatic heterocycles. The molecule has 0 N–H and O–H groups in total. The van der Waals surface area contributed by atoms with Gasteiger partial charge >= 0.3 is 0 Å². The molecule has 28 heavy (non-hydrogen) atoms. The highest BCUT2D eigenvalue weighted by atomic mass is 79.9. The summed E-state index contributed by atoms with van der Waals surface area (Å²) in [7, 11) is -2.64. The van der Waals surface area contributed by atoms with E-state index in [-0.39, 0.29) is 5.60 Å². The zero-order valence-electron chi connectivity index (χ0n) is 19.4. The van der Waals surface area contributed by atoms with Gasteiger partial charge in [-0.2, -0.15) is 0 Å². The highest BCUT2D eigenvalue weighted by Crippen LogP contribution is 2.44. The Morgan fingerprint density at radius 2 is 1.04 bits per heavy atom. The molecule has 0 aromatic heterocycles. The summed E-state index contributed by atoms with van der Waals surface area (Å²) in [5.41, 5.74) is 0.240. The molecule has 0 bridgehead atoms. The van der Waals surface area contributed by atoms with E-state index in [0.29, 0.717) is 0 Å². The Morgan fingerprint density at radius 1 is 0.643 bits per heavy atom. The van der Waals surface area contributed by atoms with E-state index in [0.717, 1.165) is 0 Å². The van der Waals surface area contributed by atoms with Gasteiger partial charge in [-0.1, -0.05) is 115 Å². The molecule has 1 heterocycles. The molecule has 0 aromatic rings. The van der Waals surface area contributed by atoms with Crippen molar-refractivity contribution >= 4 is 47.3 Å². The van der Waals surface area contributed by atoms with E-state index >= 15 is 0 Å². The highest BCUT2D eigenvalue weighted by Gasteiger charge is 2.52. The van der Waals surface area contributed by atoms with Crippen LogP contribution in [0.1, 0.15) is 96.3 Å². The second-order valence-electron chi connectivity index (χ2n) is 10.3. The summed E-state index contributed by atoms with van der Waals surface area (Å²) in [6.45, 7) is 10.3. The SMILES string of the molecule is C[Si]1(C)CCC(CCCCCCCCBr)(CCCCCCCCBr)O[Si]1(C)C. The predicted molar refractivity (Wildman–Crippen MR) is 140 cm³/mol. The minimum atomic E-state index is -1.50. The first-order chi connectivity index (χ1) is 13.3. The molecule has 0 spiro atoms. The van der Waals surface area contributed by atoms with Crippen molar-refractivity contribution in [3.63, 3.8) is 0 Å². The van der Waals surface area contributed by atoms with Crippen molar-refractivity contribution in [1.82, 2.24) is 0 Å². The van der Waals surface area contributed by atoms with Gasteiger partial charge in [-0.15, -0.1) is 0 Å². The van der Waals surface area contributed by atoms with Crippen LogP contribution in [0.15, 0.2) is 0 Å². The van der Waals surface area contributed by atoms with E-state index < -0.39 is 15.4 Å². The zero-order chi connectivity index (χ0) is 20.9. The third-order valence-electron chi connectivity index (χ3n) is 7.34. The van der Waals surface area contributed by atoms with Gasteiger partial charge in [0, 0.05) is 10.7 Å². The Balaban J connectivity index is 2.46. The van der Waals surface area contributed by atoms with Gasteiger partial charge in [0.2, 0.25) is 0 Å². The van der Waals surface area contributed by atoms with Crippen LogP contribution in [0.5, 0.6) is 0 Å². The van der Waals surface area contributed by atoms with Crippen molar-refractivity contribution < 1.29 is 4.43 Å². The maximum atomic E-state index is 7.16. The number of alkyl halides is 2. The molecule has 168 valence electrons. The van der Waals surface area contributed by atoms with E-state index in [1.54, 1.807) is 0 Å². The Hall–Kier alpha value is 1.35. The van der Waals surface area contributed by atoms with E-state index in [9.17, 15) is 0 Å². The van der Waals surface area contributed by atoms with Gasteiger partial charge in [-0.05, 0) is 45.2 Å². The summed E-state index contributed by atoms with van der Waals surface area (Å²) in [5, 5.41) is 2.33. The molecule has 1 nitrogen and oxygen atoms in total. The summed E-state index contributed by atoms with van der Waals surface area (Å²) in [5.74, 6) is 0. The van der Waals surface area contributed by atoms with Gasteiger partial charge < -0.3 is 4.43 Å². The van der Waals surface area contributed by atoms with Crippen molar-refractivity contribution in [2.24, 2.45) is 0 Å². The molecule has 1 fully saturated rings. The lowest BCUT2D eigenvalue weighted by Crippen LogP contribution is -2.65. The molecule has 1 rings (SSSR count). The van der Waals surface area contributed by atoms with Crippen molar-refractivity contribution in [2.45, 2.75) is 134 Å². The van der Waals surface area contributed by atoms with Crippen LogP contribution < -0.4 is 0 Å². The molecule has 0 radical (unpaired) electrons. The first-order valence-corrected chi connectivity index (χ1v) is 21.5. The molecule has 0 aromatic carbocycles. The molecule has 0 amide bonds. The second kappa shape index (κ2) is 14.4. The maximum Gasteiger partial charge on any atom is 0.174 e. The number of unbranched alkanes of at least 4 members (excludes halogenated alkanes) is 10. The quantitative estimate of drug-likeness (QED) is 0.105. The fraction of sp³-hybridized carbons (Fsp3) is 1.00. The van der Waals surface area contributed by atoms with Crippen molar-refractivity contribution in [2.75, 3.05) is 10.7 Å². The summed E-state index contributed by atoms with van der Waals surface area (Å²) >= 11 is 7.09. The maximum absolute atomic E-state index is 7.16. The normalized spacial score (nSPS) is 20.4. The fourth-order valence-electron chi connectivity index (χ4n) is 4.55. The largest absolute Gasteiger partial charge is 0.415 e. The molecular weight excluding hydrogens is 508 g/mol. The molecule has 5 heteroatoms. The molecule has 0 aliphatic carbocycles. The lowest BCUT2D eigenvalue weighted by Gasteiger charge is -2.52. The van der Waals surface area contributed by atoms with Crippen LogP contribution in [0, 0.1) is 0 Å². The Labute approximate surface area is 195 Å². The van der Waals surface area contributed by atoms with Gasteiger partial charge in [-0.3, -0.25) is 0 Å². The minimum Gasteiger partial charge on any atom is -0.415 e. The summed E-state index contributed by atoms with van der Waals surface area (Å²) < 4.78 is 7.16. The van der Waals surface area contributed by atoms with Crippen LogP contribution in [0.25, 0.3) is 0 Å². The molecular formula is C23H48Br2OSi2. The predicted octanol–water partition coefficient (Wildman–Crippen LogP) is 9.39. The van der Waals surface area contributed by atoms with Gasteiger partial charge in [-0.25, -0.2) is 0 Å². The number of hydrogen-bond acceptors (Lipinski definition) is 1. The fourth-order valence-corrected chi connectivity index (χ4v) is 12.3. The first kappa shape index (κ1) is 27.4. The third kappa shape index (κ3) is 10.1. The smallest absolute Gasteiger partial charge is 0.174 e. The molecule has 0 unspecified atom stereocenters. The monoisotopic (exact) mass is 554 g/mol. The Morgan fingerprint density at radius 3 is 1.43 bits per heavy atom. The van der Waals surface area contributed by atoms with E-state index in [2.05, 4.69) is 58.0 Å². The first-order valence-electron chi connectivity index (χ1n) is 12.1. The van der Waals surface area contributed by atoms with E-state index in [1.165, 1.54) is 113 Å². The molecule has 1 saturated heterocycles. The number of rotatable bonds is 16. The van der Waals surface area contributed by atoms with Gasteiger partial charge in [0.15, 0.2) is 7.83 Å². The average Bonchev–Trinajstić information content (AvgIpc) is 2.64. The average molecular weight is 557 g/mol. The summed E-state index contributed by atoms with van der Waals surface area (Å²) in [4.78, 5) is 0. The molecule has 1 aliphatic rings. The van der Waals surface area contributed by atoms with Crippen molar-refractivity contribution in [3.8, 4) is 0 Å².